The molecule has 2 aliphatic rings. The van der Waals surface area contributed by atoms with E-state index < -0.39 is 83.3 Å². The molecule has 6 aromatic rings. The van der Waals surface area contributed by atoms with E-state index >= 15 is 0 Å². The number of alkyl carbamates (subject to hydrolysis) is 1. The first-order valence-electron chi connectivity index (χ1n) is 27.4. The molecule has 1 unspecified atom stereocenters. The van der Waals surface area contributed by atoms with Crippen LogP contribution in [0.4, 0.5) is 4.79 Å². The third kappa shape index (κ3) is 13.3. The van der Waals surface area contributed by atoms with Crippen LogP contribution in [-0.2, 0) is 44.0 Å². The maximum Gasteiger partial charge on any atom is 0.407 e. The molecular weight excluding hydrogens is 1050 g/mol. The smallest absolute Gasteiger partial charge is 0.407 e. The molecule has 422 valence electrons. The van der Waals surface area contributed by atoms with Gasteiger partial charge in [0.25, 0.3) is 11.8 Å². The average Bonchev–Trinajstić information content (AvgIpc) is 4.12. The van der Waals surface area contributed by atoms with Gasteiger partial charge in [-0.1, -0.05) is 184 Å². The first kappa shape index (κ1) is 58.8. The molecule has 1 heterocycles. The zero-order valence-electron chi connectivity index (χ0n) is 46.5. The Morgan fingerprint density at radius 3 is 1.88 bits per heavy atom. The summed E-state index contributed by atoms with van der Waals surface area (Å²) in [5.41, 5.74) is 8.35. The van der Waals surface area contributed by atoms with Gasteiger partial charge in [0.05, 0.1) is 5.56 Å². The highest BCUT2D eigenvalue weighted by Gasteiger charge is 2.44. The summed E-state index contributed by atoms with van der Waals surface area (Å²) >= 11 is 6.92. The van der Waals surface area contributed by atoms with Crippen LogP contribution in [0.15, 0.2) is 158 Å². The average molecular weight is 1120 g/mol. The molecule has 0 radical (unpaired) electrons. The summed E-state index contributed by atoms with van der Waals surface area (Å²) < 4.78 is 5.78. The lowest BCUT2D eigenvalue weighted by Gasteiger charge is -2.36. The molecule has 81 heavy (non-hydrogen) atoms. The fraction of sp³-hybridized carbons (Fsp3) is 0.328. The topological polar surface area (TPSA) is 202 Å². The van der Waals surface area contributed by atoms with E-state index in [1.807, 2.05) is 136 Å². The summed E-state index contributed by atoms with van der Waals surface area (Å²) in [5.74, 6) is -5.53. The van der Waals surface area contributed by atoms with Crippen LogP contribution in [0.5, 0.6) is 0 Å². The first-order valence-corrected chi connectivity index (χ1v) is 27.8. The molecule has 1 aliphatic carbocycles. The summed E-state index contributed by atoms with van der Waals surface area (Å²) in [6, 6.07) is 41.6. The third-order valence-electron chi connectivity index (χ3n) is 14.8. The molecule has 6 atom stereocenters. The molecule has 8 rings (SSSR count). The van der Waals surface area contributed by atoms with Gasteiger partial charge in [0, 0.05) is 23.0 Å². The second kappa shape index (κ2) is 26.3. The maximum atomic E-state index is 14.6. The van der Waals surface area contributed by atoms with Gasteiger partial charge in [-0.25, -0.2) is 15.1 Å². The third-order valence-corrected chi connectivity index (χ3v) is 15.1. The van der Waals surface area contributed by atoms with Crippen LogP contribution in [0, 0.1) is 18.8 Å². The summed E-state index contributed by atoms with van der Waals surface area (Å²) in [6.45, 7) is 12.0. The Morgan fingerprint density at radius 1 is 0.679 bits per heavy atom. The molecule has 0 saturated carbocycles. The summed E-state index contributed by atoms with van der Waals surface area (Å²) in [6.07, 6.45) is 0.0248. The van der Waals surface area contributed by atoms with Gasteiger partial charge >= 0.3 is 12.1 Å². The molecule has 17 heteroatoms. The van der Waals surface area contributed by atoms with Crippen molar-refractivity contribution in [2.24, 2.45) is 11.8 Å². The minimum Gasteiger partial charge on any atom is -0.449 e. The number of hydroxylamine groups is 3. The number of carbonyl (C=O) groups is 7. The highest BCUT2D eigenvalue weighted by Crippen LogP contribution is 2.45. The van der Waals surface area contributed by atoms with Gasteiger partial charge in [0.2, 0.25) is 17.7 Å². The number of fused-ring (bicyclic) bond motifs is 3. The molecule has 1 saturated heterocycles. The molecule has 0 aromatic heterocycles. The van der Waals surface area contributed by atoms with Gasteiger partial charge in [-0.2, -0.15) is 5.06 Å². The van der Waals surface area contributed by atoms with Crippen LogP contribution in [0.2, 0.25) is 5.02 Å². The molecule has 4 N–H and O–H groups in total. The van der Waals surface area contributed by atoms with E-state index in [2.05, 4.69) is 21.4 Å². The number of aryl methyl sites for hydroxylation is 1. The quantitative estimate of drug-likeness (QED) is 0.0421. The van der Waals surface area contributed by atoms with E-state index in [9.17, 15) is 33.6 Å². The lowest BCUT2D eigenvalue weighted by atomic mass is 9.80. The molecule has 1 fully saturated rings. The van der Waals surface area contributed by atoms with Gasteiger partial charge < -0.3 is 30.4 Å². The molecular formula is C64H69ClN6O10. The van der Waals surface area contributed by atoms with E-state index in [1.54, 1.807) is 44.2 Å². The monoisotopic (exact) mass is 1120 g/mol. The molecule has 0 spiro atoms. The molecule has 6 amide bonds. The number of carbonyl (C=O) groups excluding carboxylic acids is 7. The van der Waals surface area contributed by atoms with E-state index in [-0.39, 0.29) is 43.4 Å². The minimum atomic E-state index is -1.55. The van der Waals surface area contributed by atoms with Crippen LogP contribution in [0.3, 0.4) is 0 Å². The van der Waals surface area contributed by atoms with E-state index in [0.717, 1.165) is 27.8 Å². The van der Waals surface area contributed by atoms with Crippen molar-refractivity contribution < 1.29 is 48.0 Å². The van der Waals surface area contributed by atoms with Crippen molar-refractivity contribution >= 4 is 53.2 Å². The van der Waals surface area contributed by atoms with Crippen LogP contribution in [0.25, 0.3) is 11.1 Å². The fourth-order valence-electron chi connectivity index (χ4n) is 10.5. The van der Waals surface area contributed by atoms with Crippen LogP contribution < -0.4 is 21.4 Å². The number of nitrogens with zero attached hydrogens (tertiary/aromatic N) is 2. The van der Waals surface area contributed by atoms with Gasteiger partial charge in [-0.15, -0.1) is 0 Å². The van der Waals surface area contributed by atoms with E-state index in [1.165, 1.54) is 30.9 Å². The lowest BCUT2D eigenvalue weighted by Crippen LogP contribution is -2.59. The normalized spacial score (nSPS) is 15.9. The SMILES string of the molecule is Cc1ccc(C(ONC(=O)[C@H](CC(C)C)NC(=O)[C@@H]2CCCN2C(=O)[C@H](C)NC(=O)[C@H](C)N(OC(=O)c2ccccc2)C(=O)[C@@H](NC(=O)OCC2c3ccccc3-c3ccccc32)C(C)C)(c2ccccc2)c2ccccc2Cl)cc1. The molecule has 6 aromatic carbocycles. The van der Waals surface area contributed by atoms with Crippen molar-refractivity contribution in [2.45, 2.75) is 109 Å². The first-order chi connectivity index (χ1) is 38.9. The van der Waals surface area contributed by atoms with E-state index in [4.69, 9.17) is 26.0 Å². The number of halogens is 1. The Balaban J connectivity index is 0.951. The number of rotatable bonds is 20. The Bertz CT molecular complexity index is 3190. The molecule has 1 aliphatic heterocycles. The Hall–Kier alpha value is -8.34. The second-order valence-corrected chi connectivity index (χ2v) is 21.8. The van der Waals surface area contributed by atoms with Crippen molar-refractivity contribution in [1.82, 2.24) is 31.4 Å². The molecule has 16 nitrogen and oxygen atoms in total. The maximum absolute atomic E-state index is 14.6. The predicted octanol–water partition coefficient (Wildman–Crippen LogP) is 9.57. The van der Waals surface area contributed by atoms with Crippen molar-refractivity contribution in [3.05, 3.63) is 202 Å². The van der Waals surface area contributed by atoms with Gasteiger partial charge in [-0.3, -0.25) is 28.8 Å². The van der Waals surface area contributed by atoms with Gasteiger partial charge in [0.1, 0.15) is 36.8 Å². The summed E-state index contributed by atoms with van der Waals surface area (Å²) in [7, 11) is 0. The second-order valence-electron chi connectivity index (χ2n) is 21.3. The Labute approximate surface area is 477 Å². The number of nitrogens with one attached hydrogen (secondary N) is 4. The number of likely N-dealkylation sites (tertiary alicyclic amines) is 1. The highest BCUT2D eigenvalue weighted by atomic mass is 35.5. The minimum absolute atomic E-state index is 0.0331. The zero-order chi connectivity index (χ0) is 58.0. The number of benzene rings is 6. The van der Waals surface area contributed by atoms with Crippen molar-refractivity contribution in [3.63, 3.8) is 0 Å². The van der Waals surface area contributed by atoms with Crippen molar-refractivity contribution in [3.8, 4) is 11.1 Å². The standard InChI is InChI=1S/C64H69ClN6O10/c1-39(2)37-54(58(73)69-81-64(45-23-12-9-13-24-45,46-34-32-41(5)33-35-46)52-29-18-19-30-53(52)65)67-59(74)55-31-20-36-70(55)60(75)42(6)66-57(72)43(7)71(80-62(77)44-21-10-8-11-22-44)61(76)56(40(3)4)68-63(78)79-38-51-49-27-16-14-25-47(49)48-26-15-17-28-50(48)51/h8-19,21-30,32-35,39-40,42-43,51,54-56H,20,31,36-38H2,1-7H3,(H,66,72)(H,67,74)(H,68,78)(H,69,73)/t42-,43-,54-,55-,56-,64?/m0/s1. The highest BCUT2D eigenvalue weighted by molar-refractivity contribution is 6.31. The predicted molar refractivity (Wildman–Crippen MR) is 307 cm³/mol. The summed E-state index contributed by atoms with van der Waals surface area (Å²) in [5, 5.41) is 9.20. The van der Waals surface area contributed by atoms with Gasteiger partial charge in [-0.05, 0) is 103 Å². The fourth-order valence-corrected chi connectivity index (χ4v) is 10.8. The van der Waals surface area contributed by atoms with Crippen molar-refractivity contribution in [1.29, 1.82) is 0 Å². The zero-order valence-corrected chi connectivity index (χ0v) is 47.3. The van der Waals surface area contributed by atoms with Crippen LogP contribution in [-0.4, -0.2) is 94.9 Å². The van der Waals surface area contributed by atoms with Crippen LogP contribution in [0.1, 0.15) is 110 Å². The molecule has 0 bridgehead atoms. The number of ether oxygens (including phenoxy) is 1. The van der Waals surface area contributed by atoms with Crippen molar-refractivity contribution in [2.75, 3.05) is 13.2 Å². The van der Waals surface area contributed by atoms with Gasteiger partial charge in [0.15, 0.2) is 5.60 Å². The lowest BCUT2D eigenvalue weighted by molar-refractivity contribution is -0.183. The largest absolute Gasteiger partial charge is 0.449 e. The number of hydrogen-bond donors (Lipinski definition) is 4. The summed E-state index contributed by atoms with van der Waals surface area (Å²) in [4.78, 5) is 113. The van der Waals surface area contributed by atoms with Crippen LogP contribution >= 0.6 is 11.6 Å². The Kier molecular flexibility index (Phi) is 19.1. The Morgan fingerprint density at radius 2 is 1.26 bits per heavy atom. The van der Waals surface area contributed by atoms with E-state index in [0.29, 0.717) is 33.2 Å². The number of hydrogen-bond acceptors (Lipinski definition) is 10. The number of amides is 6.